The lowest BCUT2D eigenvalue weighted by Gasteiger charge is -2.32. The molecule has 1 rings (SSSR count). The summed E-state index contributed by atoms with van der Waals surface area (Å²) in [4.78, 5) is 22.7. The van der Waals surface area contributed by atoms with Crippen LogP contribution < -0.4 is 16.4 Å². The molecule has 0 aromatic carbocycles. The van der Waals surface area contributed by atoms with Crippen molar-refractivity contribution in [1.29, 1.82) is 0 Å². The number of urea groups is 1. The zero-order valence-electron chi connectivity index (χ0n) is 11.1. The third kappa shape index (κ3) is 4.27. The van der Waals surface area contributed by atoms with E-state index < -0.39 is 18.0 Å². The summed E-state index contributed by atoms with van der Waals surface area (Å²) in [6.45, 7) is 2.23. The van der Waals surface area contributed by atoms with E-state index in [1.165, 1.54) is 13.5 Å². The Bertz CT molecular complexity index is 296. The minimum Gasteiger partial charge on any atom is -0.365 e. The number of nitrogens with two attached hydrogens (primary N) is 1. The number of imide groups is 1. The summed E-state index contributed by atoms with van der Waals surface area (Å²) in [6, 6.07) is -0.519. The summed E-state index contributed by atoms with van der Waals surface area (Å²) >= 11 is 0. The molecule has 1 saturated carbocycles. The quantitative estimate of drug-likeness (QED) is 0.678. The van der Waals surface area contributed by atoms with E-state index >= 15 is 0 Å². The molecule has 0 aliphatic heterocycles. The van der Waals surface area contributed by atoms with Gasteiger partial charge in [0.1, 0.15) is 6.10 Å². The molecule has 0 spiro atoms. The maximum Gasteiger partial charge on any atom is 0.321 e. The molecule has 1 aliphatic rings. The van der Waals surface area contributed by atoms with Crippen LogP contribution in [0.5, 0.6) is 0 Å². The molecule has 6 heteroatoms. The van der Waals surface area contributed by atoms with Crippen molar-refractivity contribution in [2.75, 3.05) is 13.6 Å². The van der Waals surface area contributed by atoms with Crippen LogP contribution in [0.4, 0.5) is 4.79 Å². The van der Waals surface area contributed by atoms with Crippen LogP contribution in [0.2, 0.25) is 0 Å². The molecule has 4 N–H and O–H groups in total. The molecule has 18 heavy (non-hydrogen) atoms. The first kappa shape index (κ1) is 14.9. The Balaban J connectivity index is 2.44. The van der Waals surface area contributed by atoms with Crippen molar-refractivity contribution >= 4 is 11.9 Å². The Labute approximate surface area is 108 Å². The van der Waals surface area contributed by atoms with Gasteiger partial charge in [0.25, 0.3) is 5.91 Å². The average molecular weight is 257 g/mol. The van der Waals surface area contributed by atoms with Crippen LogP contribution in [0.25, 0.3) is 0 Å². The fourth-order valence-corrected chi connectivity index (χ4v) is 2.22. The maximum absolute atomic E-state index is 11.7. The number of carbonyl (C=O) groups excluding carboxylic acids is 2. The van der Waals surface area contributed by atoms with Crippen molar-refractivity contribution in [3.8, 4) is 0 Å². The summed E-state index contributed by atoms with van der Waals surface area (Å²) in [5, 5.41) is 4.53. The van der Waals surface area contributed by atoms with E-state index in [1.54, 1.807) is 6.92 Å². The second kappa shape index (κ2) is 7.33. The van der Waals surface area contributed by atoms with Crippen LogP contribution in [-0.4, -0.2) is 37.7 Å². The normalized spacial score (nSPS) is 25.3. The number of rotatable bonds is 4. The number of amides is 3. The minimum absolute atomic E-state index is 0.0224. The molecular weight excluding hydrogens is 234 g/mol. The van der Waals surface area contributed by atoms with Crippen LogP contribution in [0, 0.1) is 5.92 Å². The molecule has 3 unspecified atom stereocenters. The Morgan fingerprint density at radius 3 is 2.67 bits per heavy atom. The Hall–Kier alpha value is -1.14. The molecule has 0 bridgehead atoms. The lowest BCUT2D eigenvalue weighted by atomic mass is 9.86. The molecule has 0 saturated heterocycles. The summed E-state index contributed by atoms with van der Waals surface area (Å²) in [6.07, 6.45) is 3.63. The molecule has 1 aliphatic carbocycles. The second-order valence-corrected chi connectivity index (χ2v) is 4.67. The first-order valence-electron chi connectivity index (χ1n) is 6.46. The van der Waals surface area contributed by atoms with Crippen molar-refractivity contribution in [2.24, 2.45) is 11.7 Å². The molecule has 3 amide bonds. The third-order valence-electron chi connectivity index (χ3n) is 3.35. The first-order chi connectivity index (χ1) is 8.58. The van der Waals surface area contributed by atoms with E-state index in [1.807, 2.05) is 0 Å². The van der Waals surface area contributed by atoms with Gasteiger partial charge in [0.05, 0.1) is 6.10 Å². The fourth-order valence-electron chi connectivity index (χ4n) is 2.22. The van der Waals surface area contributed by atoms with Gasteiger partial charge in [0, 0.05) is 7.05 Å². The Morgan fingerprint density at radius 1 is 1.39 bits per heavy atom. The SMILES string of the molecule is CNC(=O)NC(=O)C(C)OC1CCCCC1CN. The summed E-state index contributed by atoms with van der Waals surface area (Å²) in [7, 11) is 1.46. The molecule has 0 aromatic rings. The van der Waals surface area contributed by atoms with Gasteiger partial charge in [-0.25, -0.2) is 4.79 Å². The van der Waals surface area contributed by atoms with Gasteiger partial charge < -0.3 is 15.8 Å². The van der Waals surface area contributed by atoms with E-state index in [0.29, 0.717) is 12.5 Å². The zero-order valence-corrected chi connectivity index (χ0v) is 11.1. The fraction of sp³-hybridized carbons (Fsp3) is 0.833. The molecule has 0 heterocycles. The number of hydrogen-bond donors (Lipinski definition) is 3. The second-order valence-electron chi connectivity index (χ2n) is 4.67. The minimum atomic E-state index is -0.639. The van der Waals surface area contributed by atoms with Crippen LogP contribution in [0.1, 0.15) is 32.6 Å². The van der Waals surface area contributed by atoms with Crippen molar-refractivity contribution in [3.63, 3.8) is 0 Å². The molecule has 6 nitrogen and oxygen atoms in total. The molecule has 0 aromatic heterocycles. The van der Waals surface area contributed by atoms with E-state index in [-0.39, 0.29) is 6.10 Å². The topological polar surface area (TPSA) is 93.5 Å². The first-order valence-corrected chi connectivity index (χ1v) is 6.46. The standard InChI is InChI=1S/C12H23N3O3/c1-8(11(16)15-12(17)14-2)18-10-6-4-3-5-9(10)7-13/h8-10H,3-7,13H2,1-2H3,(H2,14,15,16,17). The third-order valence-corrected chi connectivity index (χ3v) is 3.35. The number of hydrogen-bond acceptors (Lipinski definition) is 4. The largest absolute Gasteiger partial charge is 0.365 e. The van der Waals surface area contributed by atoms with Gasteiger partial charge in [-0.15, -0.1) is 0 Å². The summed E-state index contributed by atoms with van der Waals surface area (Å²) < 4.78 is 5.73. The summed E-state index contributed by atoms with van der Waals surface area (Å²) in [5.74, 6) is -0.107. The maximum atomic E-state index is 11.7. The Kier molecular flexibility index (Phi) is 6.07. The summed E-state index contributed by atoms with van der Waals surface area (Å²) in [5.41, 5.74) is 5.70. The molecule has 104 valence electrons. The highest BCUT2D eigenvalue weighted by atomic mass is 16.5. The zero-order chi connectivity index (χ0) is 13.5. The van der Waals surface area contributed by atoms with Gasteiger partial charge >= 0.3 is 6.03 Å². The van der Waals surface area contributed by atoms with Crippen LogP contribution in [0.15, 0.2) is 0 Å². The van der Waals surface area contributed by atoms with Crippen molar-refractivity contribution in [3.05, 3.63) is 0 Å². The van der Waals surface area contributed by atoms with Crippen LogP contribution in [0.3, 0.4) is 0 Å². The lowest BCUT2D eigenvalue weighted by Crippen LogP contribution is -2.45. The van der Waals surface area contributed by atoms with Gasteiger partial charge in [-0.1, -0.05) is 12.8 Å². The number of carbonyl (C=O) groups is 2. The van der Waals surface area contributed by atoms with Crippen molar-refractivity contribution in [2.45, 2.75) is 44.8 Å². The monoisotopic (exact) mass is 257 g/mol. The Morgan fingerprint density at radius 2 is 2.06 bits per heavy atom. The van der Waals surface area contributed by atoms with Gasteiger partial charge in [-0.05, 0) is 32.2 Å². The van der Waals surface area contributed by atoms with Gasteiger partial charge in [0.15, 0.2) is 0 Å². The predicted octanol–water partition coefficient (Wildman–Crippen LogP) is 0.365. The number of ether oxygens (including phenoxy) is 1. The average Bonchev–Trinajstić information content (AvgIpc) is 2.39. The van der Waals surface area contributed by atoms with Crippen molar-refractivity contribution in [1.82, 2.24) is 10.6 Å². The molecular formula is C12H23N3O3. The van der Waals surface area contributed by atoms with Crippen LogP contribution >= 0.6 is 0 Å². The van der Waals surface area contributed by atoms with E-state index in [4.69, 9.17) is 10.5 Å². The number of nitrogens with one attached hydrogen (secondary N) is 2. The van der Waals surface area contributed by atoms with Crippen LogP contribution in [-0.2, 0) is 9.53 Å². The van der Waals surface area contributed by atoms with E-state index in [9.17, 15) is 9.59 Å². The predicted molar refractivity (Wildman–Crippen MR) is 67.9 cm³/mol. The molecule has 1 fully saturated rings. The van der Waals surface area contributed by atoms with Gasteiger partial charge in [0.2, 0.25) is 0 Å². The van der Waals surface area contributed by atoms with Crippen molar-refractivity contribution < 1.29 is 14.3 Å². The van der Waals surface area contributed by atoms with E-state index in [2.05, 4.69) is 10.6 Å². The van der Waals surface area contributed by atoms with Gasteiger partial charge in [-0.3, -0.25) is 10.1 Å². The smallest absolute Gasteiger partial charge is 0.321 e. The lowest BCUT2D eigenvalue weighted by molar-refractivity contribution is -0.137. The highest BCUT2D eigenvalue weighted by molar-refractivity contribution is 5.96. The highest BCUT2D eigenvalue weighted by Gasteiger charge is 2.28. The van der Waals surface area contributed by atoms with Gasteiger partial charge in [-0.2, -0.15) is 0 Å². The highest BCUT2D eigenvalue weighted by Crippen LogP contribution is 2.26. The molecule has 0 radical (unpaired) electrons. The molecule has 3 atom stereocenters. The van der Waals surface area contributed by atoms with E-state index in [0.717, 1.165) is 19.3 Å².